The van der Waals surface area contributed by atoms with Crippen LogP contribution < -0.4 is 0 Å². The first-order valence-electron chi connectivity index (χ1n) is 18.4. The van der Waals surface area contributed by atoms with E-state index in [0.29, 0.717) is 46.2 Å². The summed E-state index contributed by atoms with van der Waals surface area (Å²) in [5, 5.41) is 1.90. The third-order valence-corrected chi connectivity index (χ3v) is 9.83. The molecular weight excluding hydrogens is 703 g/mol. The fraction of sp³-hybridized carbons (Fsp3) is 0. The first kappa shape index (κ1) is 33.4. The van der Waals surface area contributed by atoms with Gasteiger partial charge in [0.1, 0.15) is 11.2 Å². The van der Waals surface area contributed by atoms with Gasteiger partial charge in [-0.15, -0.1) is 0 Å². The minimum absolute atomic E-state index is 0.535. The van der Waals surface area contributed by atoms with Crippen LogP contribution in [0.5, 0.6) is 0 Å². The van der Waals surface area contributed by atoms with Crippen molar-refractivity contribution in [1.29, 1.82) is 0 Å². The van der Waals surface area contributed by atoms with Crippen LogP contribution in [0.3, 0.4) is 0 Å². The van der Waals surface area contributed by atoms with Crippen molar-refractivity contribution in [3.05, 3.63) is 187 Å². The van der Waals surface area contributed by atoms with Gasteiger partial charge in [0.05, 0.1) is 6.57 Å². The molecule has 8 heteroatoms. The number of furan rings is 1. The van der Waals surface area contributed by atoms with E-state index in [1.165, 1.54) is 0 Å². The Morgan fingerprint density at radius 1 is 0.316 bits per heavy atom. The molecule has 0 unspecified atom stereocenters. The summed E-state index contributed by atoms with van der Waals surface area (Å²) in [7, 11) is 0. The molecule has 0 saturated carbocycles. The number of hydrogen-bond donors (Lipinski definition) is 0. The molecule has 57 heavy (non-hydrogen) atoms. The van der Waals surface area contributed by atoms with Crippen molar-refractivity contribution in [2.45, 2.75) is 0 Å². The molecule has 0 atom stereocenters. The van der Waals surface area contributed by atoms with Crippen LogP contribution in [0.4, 0.5) is 5.69 Å². The number of nitrogens with zero attached hydrogens (tertiary/aromatic N) is 7. The maximum absolute atomic E-state index is 7.26. The quantitative estimate of drug-likeness (QED) is 0.151. The SMILES string of the molecule is [C-]#[N+]c1ccc(-c2ccc(-c3nc(-c4ccccc4)nc(-c4ccc5c(c4)oc4ccc(-c6nc(-c7ccccc7)nc(-c7ccccc7)n6)cc45)n3)cc2)cc1. The van der Waals surface area contributed by atoms with Crippen LogP contribution in [-0.2, 0) is 0 Å². The number of hydrogen-bond acceptors (Lipinski definition) is 7. The molecule has 0 aliphatic rings. The normalized spacial score (nSPS) is 11.1. The van der Waals surface area contributed by atoms with Gasteiger partial charge >= 0.3 is 0 Å². The maximum atomic E-state index is 7.26. The third-order valence-electron chi connectivity index (χ3n) is 9.83. The predicted molar refractivity (Wildman–Crippen MR) is 225 cm³/mol. The molecule has 0 radical (unpaired) electrons. The summed E-state index contributed by atoms with van der Waals surface area (Å²) in [4.78, 5) is 33.1. The summed E-state index contributed by atoms with van der Waals surface area (Å²) >= 11 is 0. The van der Waals surface area contributed by atoms with Crippen LogP contribution in [0.1, 0.15) is 0 Å². The van der Waals surface area contributed by atoms with Gasteiger partial charge in [-0.3, -0.25) is 0 Å². The zero-order valence-electron chi connectivity index (χ0n) is 30.3. The van der Waals surface area contributed by atoms with E-state index in [9.17, 15) is 0 Å². The van der Waals surface area contributed by atoms with E-state index in [0.717, 1.165) is 60.9 Å². The van der Waals surface area contributed by atoms with Gasteiger partial charge in [-0.25, -0.2) is 34.7 Å². The Morgan fingerprint density at radius 2 is 0.684 bits per heavy atom. The Bertz CT molecular complexity index is 3050. The Morgan fingerprint density at radius 3 is 1.16 bits per heavy atom. The van der Waals surface area contributed by atoms with Crippen LogP contribution >= 0.6 is 0 Å². The van der Waals surface area contributed by atoms with Gasteiger partial charge in [-0.1, -0.05) is 146 Å². The van der Waals surface area contributed by atoms with Gasteiger partial charge in [-0.05, 0) is 41.5 Å². The van der Waals surface area contributed by atoms with Gasteiger partial charge < -0.3 is 4.42 Å². The molecule has 8 nitrogen and oxygen atoms in total. The number of rotatable bonds is 7. The maximum Gasteiger partial charge on any atom is 0.187 e. The van der Waals surface area contributed by atoms with Gasteiger partial charge in [0.2, 0.25) is 0 Å². The zero-order valence-corrected chi connectivity index (χ0v) is 30.3. The lowest BCUT2D eigenvalue weighted by Crippen LogP contribution is -2.00. The van der Waals surface area contributed by atoms with Gasteiger partial charge in [0, 0.05) is 44.2 Å². The molecule has 0 spiro atoms. The van der Waals surface area contributed by atoms with E-state index in [1.807, 2.05) is 164 Å². The molecule has 10 rings (SSSR count). The van der Waals surface area contributed by atoms with E-state index in [2.05, 4.69) is 17.0 Å². The third kappa shape index (κ3) is 6.56. The van der Waals surface area contributed by atoms with Crippen LogP contribution in [0, 0.1) is 6.57 Å². The van der Waals surface area contributed by atoms with E-state index in [4.69, 9.17) is 40.9 Å². The molecule has 3 heterocycles. The first-order valence-corrected chi connectivity index (χ1v) is 18.4. The summed E-state index contributed by atoms with van der Waals surface area (Å²) < 4.78 is 6.45. The molecule has 266 valence electrons. The van der Waals surface area contributed by atoms with Crippen molar-refractivity contribution in [2.24, 2.45) is 0 Å². The molecule has 7 aromatic carbocycles. The number of benzene rings is 7. The fourth-order valence-electron chi connectivity index (χ4n) is 6.88. The lowest BCUT2D eigenvalue weighted by atomic mass is 10.0. The van der Waals surface area contributed by atoms with E-state index >= 15 is 0 Å². The highest BCUT2D eigenvalue weighted by atomic mass is 16.3. The van der Waals surface area contributed by atoms with Crippen molar-refractivity contribution < 1.29 is 4.42 Å². The highest BCUT2D eigenvalue weighted by Gasteiger charge is 2.17. The topological polar surface area (TPSA) is 94.8 Å². The fourth-order valence-corrected chi connectivity index (χ4v) is 6.88. The Kier molecular flexibility index (Phi) is 8.36. The summed E-state index contributed by atoms with van der Waals surface area (Å²) in [6.45, 7) is 7.26. The zero-order chi connectivity index (χ0) is 38.1. The lowest BCUT2D eigenvalue weighted by Gasteiger charge is -2.09. The molecule has 3 aromatic heterocycles. The summed E-state index contributed by atoms with van der Waals surface area (Å²) in [6, 6.07) is 57.7. The van der Waals surface area contributed by atoms with Crippen molar-refractivity contribution in [1.82, 2.24) is 29.9 Å². The van der Waals surface area contributed by atoms with Crippen molar-refractivity contribution in [2.75, 3.05) is 0 Å². The molecule has 0 saturated heterocycles. The minimum Gasteiger partial charge on any atom is -0.456 e. The second kappa shape index (κ2) is 14.3. The Labute approximate surface area is 327 Å². The van der Waals surface area contributed by atoms with E-state index in [-0.39, 0.29) is 0 Å². The largest absolute Gasteiger partial charge is 0.456 e. The van der Waals surface area contributed by atoms with Crippen molar-refractivity contribution >= 4 is 27.6 Å². The number of aromatic nitrogens is 6. The first-order chi connectivity index (χ1) is 28.1. The molecule has 0 aliphatic carbocycles. The van der Waals surface area contributed by atoms with Gasteiger partial charge in [0.25, 0.3) is 0 Å². The molecule has 0 fully saturated rings. The smallest absolute Gasteiger partial charge is 0.187 e. The van der Waals surface area contributed by atoms with Gasteiger partial charge in [0.15, 0.2) is 40.6 Å². The molecule has 0 N–H and O–H groups in total. The lowest BCUT2D eigenvalue weighted by molar-refractivity contribution is 0.669. The highest BCUT2D eigenvalue weighted by Crippen LogP contribution is 2.35. The average Bonchev–Trinajstić information content (AvgIpc) is 3.67. The van der Waals surface area contributed by atoms with Crippen LogP contribution in [0.25, 0.3) is 106 Å². The van der Waals surface area contributed by atoms with Crippen molar-refractivity contribution in [3.63, 3.8) is 0 Å². The summed E-state index contributed by atoms with van der Waals surface area (Å²) in [6.07, 6.45) is 0. The second-order valence-electron chi connectivity index (χ2n) is 13.5. The molecule has 0 bridgehead atoms. The standard InChI is InChI=1S/C49H29N7O/c1-50-39-25-21-32(22-26-39)31-17-19-36(20-18-31)47-52-46(35-15-9-4-10-16-35)55-49(56-47)38-23-27-40-41-29-37(24-28-42(41)57-43(40)30-38)48-53-44(33-11-5-2-6-12-33)51-45(54-48)34-13-7-3-8-14-34/h2-30H. The summed E-state index contributed by atoms with van der Waals surface area (Å²) in [5.74, 6) is 3.46. The monoisotopic (exact) mass is 731 g/mol. The summed E-state index contributed by atoms with van der Waals surface area (Å²) in [5.41, 5.74) is 9.37. The van der Waals surface area contributed by atoms with Gasteiger partial charge in [-0.2, -0.15) is 0 Å². The van der Waals surface area contributed by atoms with E-state index < -0.39 is 0 Å². The van der Waals surface area contributed by atoms with Crippen molar-refractivity contribution in [3.8, 4) is 79.5 Å². The number of fused-ring (bicyclic) bond motifs is 3. The molecule has 0 aliphatic heterocycles. The highest BCUT2D eigenvalue weighted by molar-refractivity contribution is 6.07. The van der Waals surface area contributed by atoms with Crippen LogP contribution in [0.15, 0.2) is 180 Å². The molecule has 10 aromatic rings. The van der Waals surface area contributed by atoms with Crippen LogP contribution in [-0.4, -0.2) is 29.9 Å². The Balaban J connectivity index is 1.04. The molecule has 0 amide bonds. The van der Waals surface area contributed by atoms with Crippen LogP contribution in [0.2, 0.25) is 0 Å². The predicted octanol–water partition coefficient (Wildman–Crippen LogP) is 12.2. The minimum atomic E-state index is 0.535. The molecular formula is C49H29N7O. The van der Waals surface area contributed by atoms with E-state index in [1.54, 1.807) is 0 Å². The average molecular weight is 732 g/mol. The Hall–Kier alpha value is -8.15. The second-order valence-corrected chi connectivity index (χ2v) is 13.5.